The van der Waals surface area contributed by atoms with Crippen LogP contribution in [0.4, 0.5) is 4.39 Å². The molecule has 1 aliphatic heterocycles. The molecule has 0 aromatic heterocycles. The largest absolute Gasteiger partial charge is 0.454 e. The van der Waals surface area contributed by atoms with Crippen LogP contribution < -0.4 is 0 Å². The Morgan fingerprint density at radius 2 is 1.84 bits per heavy atom. The number of ether oxygens (including phenoxy) is 1. The van der Waals surface area contributed by atoms with Gasteiger partial charge in [0, 0.05) is 19.5 Å². The lowest BCUT2D eigenvalue weighted by molar-refractivity contribution is -0.128. The van der Waals surface area contributed by atoms with E-state index in [0.29, 0.717) is 18.5 Å². The Kier molecular flexibility index (Phi) is 5.12. The van der Waals surface area contributed by atoms with E-state index in [4.69, 9.17) is 4.74 Å². The minimum absolute atomic E-state index is 0.177. The Bertz CT molecular complexity index is 756. The highest BCUT2D eigenvalue weighted by molar-refractivity contribution is 5.89. The van der Waals surface area contributed by atoms with E-state index >= 15 is 0 Å². The van der Waals surface area contributed by atoms with Crippen LogP contribution in [-0.2, 0) is 16.1 Å². The van der Waals surface area contributed by atoms with Crippen molar-refractivity contribution in [2.24, 2.45) is 0 Å². The molecule has 5 heteroatoms. The van der Waals surface area contributed by atoms with Crippen molar-refractivity contribution in [3.8, 4) is 0 Å². The first-order valence-corrected chi connectivity index (χ1v) is 8.36. The summed E-state index contributed by atoms with van der Waals surface area (Å²) < 4.78 is 18.4. The molecule has 1 fully saturated rings. The van der Waals surface area contributed by atoms with Crippen LogP contribution in [0.5, 0.6) is 0 Å². The third-order valence-corrected chi connectivity index (χ3v) is 4.36. The first kappa shape index (κ1) is 17.1. The summed E-state index contributed by atoms with van der Waals surface area (Å²) in [4.78, 5) is 25.7. The van der Waals surface area contributed by atoms with Gasteiger partial charge in [-0.25, -0.2) is 9.18 Å². The first-order chi connectivity index (χ1) is 12.0. The SMILES string of the molecule is C[C@@H](OC(=O)c1ccc(CN2CCCC2=O)cc1)c1ccc(F)cc1. The number of esters is 1. The molecule has 0 spiro atoms. The predicted octanol–water partition coefficient (Wildman–Crippen LogP) is 3.87. The number of nitrogens with zero attached hydrogens (tertiary/aromatic N) is 1. The van der Waals surface area contributed by atoms with Gasteiger partial charge < -0.3 is 9.64 Å². The van der Waals surface area contributed by atoms with Gasteiger partial charge in [-0.05, 0) is 48.7 Å². The predicted molar refractivity (Wildman–Crippen MR) is 91.3 cm³/mol. The molecule has 3 rings (SSSR count). The summed E-state index contributed by atoms with van der Waals surface area (Å²) >= 11 is 0. The van der Waals surface area contributed by atoms with Crippen LogP contribution in [0.15, 0.2) is 48.5 Å². The highest BCUT2D eigenvalue weighted by Gasteiger charge is 2.20. The Balaban J connectivity index is 1.60. The molecule has 1 heterocycles. The Labute approximate surface area is 146 Å². The van der Waals surface area contributed by atoms with Crippen molar-refractivity contribution in [3.63, 3.8) is 0 Å². The van der Waals surface area contributed by atoms with Gasteiger partial charge in [0.25, 0.3) is 0 Å². The highest BCUT2D eigenvalue weighted by atomic mass is 19.1. The zero-order valence-corrected chi connectivity index (χ0v) is 14.1. The molecule has 0 bridgehead atoms. The first-order valence-electron chi connectivity index (χ1n) is 8.36. The standard InChI is InChI=1S/C20H20FNO3/c1-14(16-8-10-18(21)11-9-16)25-20(24)17-6-4-15(5-7-17)13-22-12-2-3-19(22)23/h4-11,14H,2-3,12-13H2,1H3/t14-/m1/s1. The minimum Gasteiger partial charge on any atom is -0.454 e. The Morgan fingerprint density at radius 1 is 1.16 bits per heavy atom. The number of carbonyl (C=O) groups is 2. The van der Waals surface area contributed by atoms with Gasteiger partial charge in [-0.1, -0.05) is 24.3 Å². The number of hydrogen-bond donors (Lipinski definition) is 0. The van der Waals surface area contributed by atoms with Crippen molar-refractivity contribution in [1.29, 1.82) is 0 Å². The van der Waals surface area contributed by atoms with Crippen molar-refractivity contribution in [2.75, 3.05) is 6.54 Å². The average Bonchev–Trinajstić information content (AvgIpc) is 3.01. The maximum Gasteiger partial charge on any atom is 0.338 e. The molecule has 130 valence electrons. The van der Waals surface area contributed by atoms with E-state index in [0.717, 1.165) is 24.1 Å². The van der Waals surface area contributed by atoms with Crippen molar-refractivity contribution < 1.29 is 18.7 Å². The second-order valence-electron chi connectivity index (χ2n) is 6.21. The van der Waals surface area contributed by atoms with E-state index < -0.39 is 12.1 Å². The molecule has 1 amide bonds. The zero-order chi connectivity index (χ0) is 17.8. The second kappa shape index (κ2) is 7.47. The highest BCUT2D eigenvalue weighted by Crippen LogP contribution is 2.20. The van der Waals surface area contributed by atoms with E-state index in [1.54, 1.807) is 31.2 Å². The normalized spacial score (nSPS) is 15.3. The molecule has 0 N–H and O–H groups in total. The summed E-state index contributed by atoms with van der Waals surface area (Å²) in [5, 5.41) is 0. The lowest BCUT2D eigenvalue weighted by Crippen LogP contribution is -2.23. The monoisotopic (exact) mass is 341 g/mol. The van der Waals surface area contributed by atoms with E-state index in [2.05, 4.69) is 0 Å². The Morgan fingerprint density at radius 3 is 2.44 bits per heavy atom. The van der Waals surface area contributed by atoms with Crippen molar-refractivity contribution >= 4 is 11.9 Å². The molecule has 1 aliphatic rings. The molecular formula is C20H20FNO3. The summed E-state index contributed by atoms with van der Waals surface area (Å²) in [5.74, 6) is -0.577. The van der Waals surface area contributed by atoms with Gasteiger partial charge in [-0.2, -0.15) is 0 Å². The van der Waals surface area contributed by atoms with E-state index in [9.17, 15) is 14.0 Å². The van der Waals surface area contributed by atoms with Crippen molar-refractivity contribution in [3.05, 3.63) is 71.0 Å². The quantitative estimate of drug-likeness (QED) is 0.776. The lowest BCUT2D eigenvalue weighted by atomic mass is 10.1. The summed E-state index contributed by atoms with van der Waals surface area (Å²) in [6.07, 6.45) is 1.06. The third-order valence-electron chi connectivity index (χ3n) is 4.36. The van der Waals surface area contributed by atoms with E-state index in [1.807, 2.05) is 17.0 Å². The lowest BCUT2D eigenvalue weighted by Gasteiger charge is -2.16. The molecule has 0 unspecified atom stereocenters. The number of amides is 1. The maximum atomic E-state index is 13.0. The topological polar surface area (TPSA) is 46.6 Å². The van der Waals surface area contributed by atoms with Crippen LogP contribution >= 0.6 is 0 Å². The van der Waals surface area contributed by atoms with Gasteiger partial charge in [-0.3, -0.25) is 4.79 Å². The van der Waals surface area contributed by atoms with Crippen LogP contribution in [0.2, 0.25) is 0 Å². The molecule has 0 saturated carbocycles. The summed E-state index contributed by atoms with van der Waals surface area (Å²) in [7, 11) is 0. The minimum atomic E-state index is -0.463. The van der Waals surface area contributed by atoms with Crippen LogP contribution in [-0.4, -0.2) is 23.3 Å². The smallest absolute Gasteiger partial charge is 0.338 e. The zero-order valence-electron chi connectivity index (χ0n) is 14.1. The van der Waals surface area contributed by atoms with Gasteiger partial charge in [-0.15, -0.1) is 0 Å². The van der Waals surface area contributed by atoms with E-state index in [-0.39, 0.29) is 11.7 Å². The fourth-order valence-electron chi connectivity index (χ4n) is 2.87. The van der Waals surface area contributed by atoms with Crippen LogP contribution in [0.1, 0.15) is 47.4 Å². The van der Waals surface area contributed by atoms with Gasteiger partial charge in [0.2, 0.25) is 5.91 Å². The summed E-state index contributed by atoms with van der Waals surface area (Å²) in [5.41, 5.74) is 2.17. The Hall–Kier alpha value is -2.69. The van der Waals surface area contributed by atoms with Crippen molar-refractivity contribution in [1.82, 2.24) is 4.90 Å². The summed E-state index contributed by atoms with van der Waals surface area (Å²) in [6, 6.07) is 13.0. The maximum absolute atomic E-state index is 13.0. The fraction of sp³-hybridized carbons (Fsp3) is 0.300. The second-order valence-corrected chi connectivity index (χ2v) is 6.21. The molecule has 25 heavy (non-hydrogen) atoms. The number of carbonyl (C=O) groups excluding carboxylic acids is 2. The number of benzene rings is 2. The molecule has 2 aromatic rings. The number of likely N-dealkylation sites (tertiary alicyclic amines) is 1. The molecule has 2 aromatic carbocycles. The van der Waals surface area contributed by atoms with Gasteiger partial charge in [0.15, 0.2) is 0 Å². The van der Waals surface area contributed by atoms with Gasteiger partial charge in [0.1, 0.15) is 11.9 Å². The molecule has 0 radical (unpaired) electrons. The average molecular weight is 341 g/mol. The van der Waals surface area contributed by atoms with Crippen molar-refractivity contribution in [2.45, 2.75) is 32.4 Å². The molecule has 4 nitrogen and oxygen atoms in total. The molecule has 1 saturated heterocycles. The van der Waals surface area contributed by atoms with Gasteiger partial charge >= 0.3 is 5.97 Å². The summed E-state index contributed by atoms with van der Waals surface area (Å²) in [6.45, 7) is 3.11. The number of rotatable bonds is 5. The molecule has 1 atom stereocenters. The fourth-order valence-corrected chi connectivity index (χ4v) is 2.87. The third kappa shape index (κ3) is 4.24. The van der Waals surface area contributed by atoms with E-state index in [1.165, 1.54) is 12.1 Å². The number of hydrogen-bond acceptors (Lipinski definition) is 3. The molecular weight excluding hydrogens is 321 g/mol. The van der Waals surface area contributed by atoms with Crippen LogP contribution in [0.3, 0.4) is 0 Å². The molecule has 0 aliphatic carbocycles. The number of halogens is 1. The van der Waals surface area contributed by atoms with Gasteiger partial charge in [0.05, 0.1) is 5.56 Å². The van der Waals surface area contributed by atoms with Crippen LogP contribution in [0.25, 0.3) is 0 Å². The van der Waals surface area contributed by atoms with Crippen LogP contribution in [0, 0.1) is 5.82 Å².